The van der Waals surface area contributed by atoms with Gasteiger partial charge in [-0.3, -0.25) is 9.78 Å². The molecule has 3 aromatic carbocycles. The van der Waals surface area contributed by atoms with E-state index in [0.717, 1.165) is 22.1 Å². The van der Waals surface area contributed by atoms with E-state index in [0.29, 0.717) is 28.4 Å². The fourth-order valence-corrected chi connectivity index (χ4v) is 3.75. The van der Waals surface area contributed by atoms with E-state index in [4.69, 9.17) is 27.3 Å². The van der Waals surface area contributed by atoms with E-state index < -0.39 is 11.7 Å². The van der Waals surface area contributed by atoms with Crippen LogP contribution in [-0.4, -0.2) is 20.9 Å². The number of pyridine rings is 1. The Morgan fingerprint density at radius 3 is 2.41 bits per heavy atom. The standard InChI is InChI=1S/C26H17ClFN5O/c27-21-13-19(8-9-22(21)28)31-26-20-12-17(15-3-5-16(6-4-15)24(29)34)7-10-23(20)32-25(33-26)18-2-1-11-30-14-18/h1-14H,(H2,29,34)(H,31,32,33). The van der Waals surface area contributed by atoms with Crippen LogP contribution in [0, 0.1) is 5.82 Å². The van der Waals surface area contributed by atoms with Crippen molar-refractivity contribution in [2.45, 2.75) is 0 Å². The number of rotatable bonds is 5. The van der Waals surface area contributed by atoms with Crippen molar-refractivity contribution in [1.29, 1.82) is 0 Å². The first-order valence-corrected chi connectivity index (χ1v) is 10.7. The summed E-state index contributed by atoms with van der Waals surface area (Å²) < 4.78 is 13.7. The van der Waals surface area contributed by atoms with Crippen LogP contribution in [0.1, 0.15) is 10.4 Å². The molecule has 0 aliphatic rings. The van der Waals surface area contributed by atoms with Crippen LogP contribution in [0.2, 0.25) is 5.02 Å². The van der Waals surface area contributed by atoms with E-state index >= 15 is 0 Å². The molecule has 0 spiro atoms. The van der Waals surface area contributed by atoms with Crippen LogP contribution in [0.3, 0.4) is 0 Å². The first kappa shape index (κ1) is 21.5. The van der Waals surface area contributed by atoms with Crippen LogP contribution in [0.15, 0.2) is 85.2 Å². The zero-order chi connectivity index (χ0) is 23.7. The van der Waals surface area contributed by atoms with Gasteiger partial charge >= 0.3 is 0 Å². The van der Waals surface area contributed by atoms with Crippen LogP contribution in [-0.2, 0) is 0 Å². The maximum absolute atomic E-state index is 13.7. The molecule has 0 atom stereocenters. The lowest BCUT2D eigenvalue weighted by molar-refractivity contribution is 0.100. The van der Waals surface area contributed by atoms with Crippen LogP contribution in [0.4, 0.5) is 15.9 Å². The molecule has 5 aromatic rings. The Labute approximate surface area is 199 Å². The fourth-order valence-electron chi connectivity index (χ4n) is 3.56. The van der Waals surface area contributed by atoms with Crippen molar-refractivity contribution in [3.05, 3.63) is 102 Å². The van der Waals surface area contributed by atoms with E-state index in [1.807, 2.05) is 42.5 Å². The number of benzene rings is 3. The van der Waals surface area contributed by atoms with E-state index in [2.05, 4.69) is 10.3 Å². The highest BCUT2D eigenvalue weighted by atomic mass is 35.5. The molecule has 3 N–H and O–H groups in total. The third-order valence-corrected chi connectivity index (χ3v) is 5.59. The molecule has 2 heterocycles. The smallest absolute Gasteiger partial charge is 0.248 e. The second-order valence-corrected chi connectivity index (χ2v) is 7.97. The van der Waals surface area contributed by atoms with Crippen molar-refractivity contribution in [2.24, 2.45) is 5.73 Å². The fraction of sp³-hybridized carbons (Fsp3) is 0. The number of fused-ring (bicyclic) bond motifs is 1. The molecule has 0 saturated carbocycles. The molecule has 34 heavy (non-hydrogen) atoms. The van der Waals surface area contributed by atoms with E-state index in [1.54, 1.807) is 30.6 Å². The molecular weight excluding hydrogens is 453 g/mol. The normalized spacial score (nSPS) is 10.9. The summed E-state index contributed by atoms with van der Waals surface area (Å²) in [6.45, 7) is 0. The molecule has 0 unspecified atom stereocenters. The van der Waals surface area contributed by atoms with Crippen molar-refractivity contribution in [1.82, 2.24) is 15.0 Å². The van der Waals surface area contributed by atoms with Gasteiger partial charge in [0.1, 0.15) is 11.6 Å². The second-order valence-electron chi connectivity index (χ2n) is 7.56. The summed E-state index contributed by atoms with van der Waals surface area (Å²) in [6.07, 6.45) is 3.37. The molecule has 2 aromatic heterocycles. The number of aromatic nitrogens is 3. The first-order valence-electron chi connectivity index (χ1n) is 10.3. The molecule has 5 rings (SSSR count). The summed E-state index contributed by atoms with van der Waals surface area (Å²) >= 11 is 5.98. The highest BCUT2D eigenvalue weighted by molar-refractivity contribution is 6.31. The van der Waals surface area contributed by atoms with Gasteiger partial charge in [0.05, 0.1) is 10.5 Å². The predicted molar refractivity (Wildman–Crippen MR) is 131 cm³/mol. The Kier molecular flexibility index (Phi) is 5.61. The molecule has 0 aliphatic carbocycles. The molecule has 0 fully saturated rings. The molecule has 0 radical (unpaired) electrons. The minimum atomic E-state index is -0.502. The number of hydrogen-bond donors (Lipinski definition) is 2. The lowest BCUT2D eigenvalue weighted by Gasteiger charge is -2.13. The Balaban J connectivity index is 1.65. The zero-order valence-electron chi connectivity index (χ0n) is 17.7. The zero-order valence-corrected chi connectivity index (χ0v) is 18.4. The van der Waals surface area contributed by atoms with Crippen molar-refractivity contribution in [2.75, 3.05) is 5.32 Å². The van der Waals surface area contributed by atoms with Gasteiger partial charge in [-0.2, -0.15) is 0 Å². The maximum Gasteiger partial charge on any atom is 0.248 e. The van der Waals surface area contributed by atoms with Crippen molar-refractivity contribution in [3.63, 3.8) is 0 Å². The third-order valence-electron chi connectivity index (χ3n) is 5.30. The van der Waals surface area contributed by atoms with Crippen LogP contribution >= 0.6 is 11.6 Å². The molecular formula is C26H17ClFN5O. The number of primary amides is 1. The van der Waals surface area contributed by atoms with Crippen LogP contribution < -0.4 is 11.1 Å². The molecule has 1 amide bonds. The molecule has 6 nitrogen and oxygen atoms in total. The topological polar surface area (TPSA) is 93.8 Å². The van der Waals surface area contributed by atoms with Gasteiger partial charge in [-0.05, 0) is 65.7 Å². The summed E-state index contributed by atoms with van der Waals surface area (Å²) in [6, 6.07) is 20.9. The number of hydrogen-bond acceptors (Lipinski definition) is 5. The summed E-state index contributed by atoms with van der Waals surface area (Å²) in [5.74, 6) is 0.0420. The van der Waals surface area contributed by atoms with Gasteiger partial charge in [0, 0.05) is 34.6 Å². The van der Waals surface area contributed by atoms with E-state index in [9.17, 15) is 9.18 Å². The van der Waals surface area contributed by atoms with Gasteiger partial charge in [0.25, 0.3) is 0 Å². The van der Waals surface area contributed by atoms with E-state index in [1.165, 1.54) is 12.1 Å². The summed E-state index contributed by atoms with van der Waals surface area (Å²) in [5.41, 5.74) is 9.65. The maximum atomic E-state index is 13.7. The number of nitrogens with zero attached hydrogens (tertiary/aromatic N) is 3. The van der Waals surface area contributed by atoms with Gasteiger partial charge in [-0.15, -0.1) is 0 Å². The Hall–Kier alpha value is -4.36. The van der Waals surface area contributed by atoms with Crippen molar-refractivity contribution >= 4 is 39.9 Å². The number of anilines is 2. The Bertz CT molecular complexity index is 1520. The van der Waals surface area contributed by atoms with Gasteiger partial charge in [0.2, 0.25) is 5.91 Å². The lowest BCUT2D eigenvalue weighted by atomic mass is 10.0. The minimum absolute atomic E-state index is 0.00562. The van der Waals surface area contributed by atoms with Crippen LogP contribution in [0.25, 0.3) is 33.4 Å². The Morgan fingerprint density at radius 2 is 1.71 bits per heavy atom. The quantitative estimate of drug-likeness (QED) is 0.329. The van der Waals surface area contributed by atoms with E-state index in [-0.39, 0.29) is 5.02 Å². The summed E-state index contributed by atoms with van der Waals surface area (Å²) in [4.78, 5) is 25.0. The van der Waals surface area contributed by atoms with Gasteiger partial charge in [0.15, 0.2) is 5.82 Å². The number of nitrogens with one attached hydrogen (secondary N) is 1. The highest BCUT2D eigenvalue weighted by Gasteiger charge is 2.13. The predicted octanol–water partition coefficient (Wildman–Crippen LogP) is 5.99. The highest BCUT2D eigenvalue weighted by Crippen LogP contribution is 2.32. The third kappa shape index (κ3) is 4.29. The Morgan fingerprint density at radius 1 is 0.912 bits per heavy atom. The summed E-state index contributed by atoms with van der Waals surface area (Å²) in [5, 5.41) is 4.00. The lowest BCUT2D eigenvalue weighted by Crippen LogP contribution is -2.10. The molecule has 0 aliphatic heterocycles. The van der Waals surface area contributed by atoms with Crippen molar-refractivity contribution < 1.29 is 9.18 Å². The number of carbonyl (C=O) groups is 1. The largest absolute Gasteiger partial charge is 0.366 e. The SMILES string of the molecule is NC(=O)c1ccc(-c2ccc3nc(-c4cccnc4)nc(Nc4ccc(F)c(Cl)c4)c3c2)cc1. The van der Waals surface area contributed by atoms with Gasteiger partial charge in [-0.25, -0.2) is 14.4 Å². The number of amides is 1. The molecule has 0 bridgehead atoms. The first-order chi connectivity index (χ1) is 16.5. The minimum Gasteiger partial charge on any atom is -0.366 e. The molecule has 0 saturated heterocycles. The number of carbonyl (C=O) groups excluding carboxylic acids is 1. The number of nitrogens with two attached hydrogens (primary N) is 1. The van der Waals surface area contributed by atoms with Crippen molar-refractivity contribution in [3.8, 4) is 22.5 Å². The second kappa shape index (κ2) is 8.88. The monoisotopic (exact) mass is 469 g/mol. The van der Waals surface area contributed by atoms with Crippen LogP contribution in [0.5, 0.6) is 0 Å². The van der Waals surface area contributed by atoms with Gasteiger partial charge in [-0.1, -0.05) is 29.8 Å². The average Bonchev–Trinajstić information content (AvgIpc) is 2.86. The average molecular weight is 470 g/mol. The number of halogens is 2. The molecule has 8 heteroatoms. The van der Waals surface area contributed by atoms with Gasteiger partial charge < -0.3 is 11.1 Å². The summed E-state index contributed by atoms with van der Waals surface area (Å²) in [7, 11) is 0. The molecule has 166 valence electrons.